The number of aryl methyl sites for hydroxylation is 1. The van der Waals surface area contributed by atoms with Gasteiger partial charge in [-0.15, -0.1) is 0 Å². The lowest BCUT2D eigenvalue weighted by Gasteiger charge is -2.10. The summed E-state index contributed by atoms with van der Waals surface area (Å²) in [6, 6.07) is 12.9. The first kappa shape index (κ1) is 18.3. The Balaban J connectivity index is 1.64. The molecule has 0 radical (unpaired) electrons. The van der Waals surface area contributed by atoms with E-state index in [2.05, 4.69) is 30.9 Å². The molecule has 0 aliphatic rings. The van der Waals surface area contributed by atoms with Gasteiger partial charge in [-0.2, -0.15) is 0 Å². The second-order valence-corrected chi connectivity index (χ2v) is 5.82. The third-order valence-corrected chi connectivity index (χ3v) is 3.56. The van der Waals surface area contributed by atoms with E-state index in [1.807, 2.05) is 31.2 Å². The monoisotopic (exact) mass is 364 g/mol. The van der Waals surface area contributed by atoms with Crippen LogP contribution in [0.1, 0.15) is 5.56 Å². The topological polar surface area (TPSA) is 101 Å². The summed E-state index contributed by atoms with van der Waals surface area (Å²) in [5.74, 6) is 1.79. The third-order valence-electron chi connectivity index (χ3n) is 3.56. The van der Waals surface area contributed by atoms with E-state index in [1.165, 1.54) is 13.4 Å². The van der Waals surface area contributed by atoms with E-state index in [4.69, 9.17) is 4.74 Å². The molecule has 138 valence electrons. The Morgan fingerprint density at radius 3 is 2.30 bits per heavy atom. The predicted octanol–water partition coefficient (Wildman–Crippen LogP) is 3.25. The highest BCUT2D eigenvalue weighted by atomic mass is 16.5. The number of aromatic nitrogens is 3. The molecule has 0 aliphatic heterocycles. The SMILES string of the molecule is COCC(=O)Nc1ccc(Nc2cc(Nc3cc(C)ccn3)ncn2)cc1. The van der Waals surface area contributed by atoms with Gasteiger partial charge in [0.05, 0.1) is 0 Å². The zero-order valence-corrected chi connectivity index (χ0v) is 15.1. The van der Waals surface area contributed by atoms with Crippen molar-refractivity contribution in [2.45, 2.75) is 6.92 Å². The number of benzene rings is 1. The molecule has 1 amide bonds. The van der Waals surface area contributed by atoms with E-state index >= 15 is 0 Å². The molecule has 0 aliphatic carbocycles. The van der Waals surface area contributed by atoms with Crippen molar-refractivity contribution in [1.29, 1.82) is 0 Å². The van der Waals surface area contributed by atoms with Crippen molar-refractivity contribution >= 4 is 34.7 Å². The quantitative estimate of drug-likeness (QED) is 0.591. The number of carbonyl (C=O) groups excluding carboxylic acids is 1. The molecule has 3 N–H and O–H groups in total. The lowest BCUT2D eigenvalue weighted by Crippen LogP contribution is -2.16. The molecule has 0 fully saturated rings. The van der Waals surface area contributed by atoms with E-state index in [9.17, 15) is 4.79 Å². The maximum atomic E-state index is 11.5. The van der Waals surface area contributed by atoms with Crippen LogP contribution in [0.5, 0.6) is 0 Å². The first-order valence-electron chi connectivity index (χ1n) is 8.30. The number of hydrogen-bond donors (Lipinski definition) is 3. The zero-order valence-electron chi connectivity index (χ0n) is 15.1. The van der Waals surface area contributed by atoms with Crippen LogP contribution in [0.2, 0.25) is 0 Å². The van der Waals surface area contributed by atoms with E-state index in [0.717, 1.165) is 17.1 Å². The molecule has 0 bridgehead atoms. The number of nitrogens with one attached hydrogen (secondary N) is 3. The number of anilines is 5. The van der Waals surface area contributed by atoms with Crippen molar-refractivity contribution in [3.63, 3.8) is 0 Å². The number of amides is 1. The second kappa shape index (κ2) is 8.72. The van der Waals surface area contributed by atoms with Crippen LogP contribution >= 0.6 is 0 Å². The van der Waals surface area contributed by atoms with Crippen molar-refractivity contribution in [2.75, 3.05) is 29.7 Å². The summed E-state index contributed by atoms with van der Waals surface area (Å²) < 4.78 is 4.79. The molecule has 0 unspecified atom stereocenters. The van der Waals surface area contributed by atoms with Crippen LogP contribution in [0, 0.1) is 6.92 Å². The normalized spacial score (nSPS) is 10.3. The molecule has 27 heavy (non-hydrogen) atoms. The fraction of sp³-hybridized carbons (Fsp3) is 0.158. The van der Waals surface area contributed by atoms with Crippen LogP contribution in [-0.4, -0.2) is 34.6 Å². The first-order valence-corrected chi connectivity index (χ1v) is 8.30. The molecule has 0 spiro atoms. The van der Waals surface area contributed by atoms with E-state index in [1.54, 1.807) is 24.4 Å². The van der Waals surface area contributed by atoms with Gasteiger partial charge in [0, 0.05) is 30.7 Å². The number of hydrogen-bond acceptors (Lipinski definition) is 7. The minimum atomic E-state index is -0.200. The van der Waals surface area contributed by atoms with Gasteiger partial charge in [-0.05, 0) is 48.9 Å². The molecule has 0 saturated carbocycles. The van der Waals surface area contributed by atoms with Crippen LogP contribution in [0.15, 0.2) is 55.0 Å². The van der Waals surface area contributed by atoms with Gasteiger partial charge >= 0.3 is 0 Å². The Bertz CT molecular complexity index is 914. The van der Waals surface area contributed by atoms with Crippen LogP contribution in [0.3, 0.4) is 0 Å². The Hall–Kier alpha value is -3.52. The maximum Gasteiger partial charge on any atom is 0.250 e. The molecule has 0 atom stereocenters. The Morgan fingerprint density at radius 2 is 1.59 bits per heavy atom. The van der Waals surface area contributed by atoms with Gasteiger partial charge in [0.1, 0.15) is 30.4 Å². The average molecular weight is 364 g/mol. The van der Waals surface area contributed by atoms with Crippen molar-refractivity contribution < 1.29 is 9.53 Å². The number of rotatable bonds is 7. The molecule has 2 aromatic heterocycles. The van der Waals surface area contributed by atoms with E-state index < -0.39 is 0 Å². The van der Waals surface area contributed by atoms with Crippen LogP contribution in [0.25, 0.3) is 0 Å². The van der Waals surface area contributed by atoms with E-state index in [0.29, 0.717) is 17.3 Å². The summed E-state index contributed by atoms with van der Waals surface area (Å²) in [6.07, 6.45) is 3.21. The molecule has 1 aromatic carbocycles. The van der Waals surface area contributed by atoms with Gasteiger partial charge < -0.3 is 20.7 Å². The van der Waals surface area contributed by atoms with Gasteiger partial charge in [-0.1, -0.05) is 0 Å². The summed E-state index contributed by atoms with van der Waals surface area (Å²) >= 11 is 0. The van der Waals surface area contributed by atoms with Crippen molar-refractivity contribution in [1.82, 2.24) is 15.0 Å². The number of nitrogens with zero attached hydrogens (tertiary/aromatic N) is 3. The molecule has 8 nitrogen and oxygen atoms in total. The molecule has 3 rings (SSSR count). The smallest absolute Gasteiger partial charge is 0.250 e. The maximum absolute atomic E-state index is 11.5. The fourth-order valence-electron chi connectivity index (χ4n) is 2.34. The lowest BCUT2D eigenvalue weighted by atomic mass is 10.2. The van der Waals surface area contributed by atoms with Gasteiger partial charge in [0.25, 0.3) is 0 Å². The summed E-state index contributed by atoms with van der Waals surface area (Å²) in [6.45, 7) is 2.02. The second-order valence-electron chi connectivity index (χ2n) is 5.82. The standard InChI is InChI=1S/C19H20N6O2/c1-13-7-8-20-16(9-13)25-18-10-17(21-12-22-18)23-14-3-5-15(6-4-14)24-19(26)11-27-2/h3-10,12H,11H2,1-2H3,(H,24,26)(H2,20,21,22,23,25). The van der Waals surface area contributed by atoms with Gasteiger partial charge in [-0.3, -0.25) is 4.79 Å². The summed E-state index contributed by atoms with van der Waals surface area (Å²) in [4.78, 5) is 24.2. The Labute approximate surface area is 157 Å². The largest absolute Gasteiger partial charge is 0.375 e. The highest BCUT2D eigenvalue weighted by molar-refractivity contribution is 5.91. The highest BCUT2D eigenvalue weighted by Crippen LogP contribution is 2.20. The molecular formula is C19H20N6O2. The fourth-order valence-corrected chi connectivity index (χ4v) is 2.34. The lowest BCUT2D eigenvalue weighted by molar-refractivity contribution is -0.119. The molecule has 3 aromatic rings. The predicted molar refractivity (Wildman–Crippen MR) is 105 cm³/mol. The number of ether oxygens (including phenoxy) is 1. The number of carbonyl (C=O) groups is 1. The van der Waals surface area contributed by atoms with Crippen LogP contribution in [0.4, 0.5) is 28.8 Å². The molecule has 2 heterocycles. The molecule has 0 saturated heterocycles. The van der Waals surface area contributed by atoms with Crippen LogP contribution < -0.4 is 16.0 Å². The Kier molecular flexibility index (Phi) is 5.91. The summed E-state index contributed by atoms with van der Waals surface area (Å²) in [5.41, 5.74) is 2.63. The molecular weight excluding hydrogens is 344 g/mol. The minimum Gasteiger partial charge on any atom is -0.375 e. The van der Waals surface area contributed by atoms with E-state index in [-0.39, 0.29) is 12.5 Å². The highest BCUT2D eigenvalue weighted by Gasteiger charge is 2.04. The van der Waals surface area contributed by atoms with Gasteiger partial charge in [-0.25, -0.2) is 15.0 Å². The minimum absolute atomic E-state index is 0.0203. The first-order chi connectivity index (χ1) is 13.1. The third kappa shape index (κ3) is 5.48. The van der Waals surface area contributed by atoms with Crippen LogP contribution in [-0.2, 0) is 9.53 Å². The van der Waals surface area contributed by atoms with Gasteiger partial charge in [0.15, 0.2) is 0 Å². The Morgan fingerprint density at radius 1 is 0.926 bits per heavy atom. The molecule has 8 heteroatoms. The summed E-state index contributed by atoms with van der Waals surface area (Å²) in [5, 5.41) is 9.09. The van der Waals surface area contributed by atoms with Crippen molar-refractivity contribution in [2.24, 2.45) is 0 Å². The van der Waals surface area contributed by atoms with Gasteiger partial charge in [0.2, 0.25) is 5.91 Å². The average Bonchev–Trinajstić information content (AvgIpc) is 2.64. The van der Waals surface area contributed by atoms with Crippen molar-refractivity contribution in [3.8, 4) is 0 Å². The summed E-state index contributed by atoms with van der Waals surface area (Å²) in [7, 11) is 1.48. The van der Waals surface area contributed by atoms with Crippen molar-refractivity contribution in [3.05, 3.63) is 60.6 Å². The number of pyridine rings is 1. The number of methoxy groups -OCH3 is 1. The zero-order chi connectivity index (χ0) is 19.1.